The van der Waals surface area contributed by atoms with Gasteiger partial charge in [-0.3, -0.25) is 4.98 Å². The first-order valence-electron chi connectivity index (χ1n) is 11.9. The van der Waals surface area contributed by atoms with Crippen LogP contribution in [0.4, 0.5) is 0 Å². The Morgan fingerprint density at radius 3 is 2.22 bits per heavy atom. The summed E-state index contributed by atoms with van der Waals surface area (Å²) in [5.74, 6) is 0. The summed E-state index contributed by atoms with van der Waals surface area (Å²) in [6.45, 7) is 0. The van der Waals surface area contributed by atoms with E-state index in [-0.39, 0.29) is 5.56 Å². The first-order valence-corrected chi connectivity index (χ1v) is 11.9. The van der Waals surface area contributed by atoms with E-state index in [0.29, 0.717) is 22.3 Å². The first kappa shape index (κ1) is 19.8. The molecule has 0 atom stereocenters. The standard InChI is InChI=1S/C32H14N4O/c33-14-18-11-24-25(12-19(18)15-34)36-26(16-35-24)32-30-22-9-4-6-17-5-3-8-20(29(17)22)23(30)13-28-31(32)21-7-1-2-10-27(21)37-28/h1-13,16H. The van der Waals surface area contributed by atoms with E-state index in [1.165, 1.54) is 16.3 Å². The van der Waals surface area contributed by atoms with E-state index >= 15 is 0 Å². The summed E-state index contributed by atoms with van der Waals surface area (Å²) in [5, 5.41) is 23.4. The molecule has 0 fully saturated rings. The Bertz CT molecular complexity index is 2220. The maximum absolute atomic E-state index is 9.58. The second-order valence-electron chi connectivity index (χ2n) is 9.22. The molecule has 1 aliphatic carbocycles. The Morgan fingerprint density at radius 1 is 0.649 bits per heavy atom. The molecule has 0 bridgehead atoms. The highest BCUT2D eigenvalue weighted by Gasteiger charge is 2.29. The minimum Gasteiger partial charge on any atom is -0.456 e. The number of hydrogen-bond acceptors (Lipinski definition) is 5. The van der Waals surface area contributed by atoms with Gasteiger partial charge in [0.2, 0.25) is 0 Å². The van der Waals surface area contributed by atoms with Crippen molar-refractivity contribution >= 4 is 43.7 Å². The maximum Gasteiger partial charge on any atom is 0.136 e. The summed E-state index contributed by atoms with van der Waals surface area (Å²) in [4.78, 5) is 9.69. The summed E-state index contributed by atoms with van der Waals surface area (Å²) in [6, 6.07) is 30.4. The molecule has 2 aromatic heterocycles. The second-order valence-corrected chi connectivity index (χ2v) is 9.22. The molecule has 8 rings (SSSR count). The maximum atomic E-state index is 9.58. The topological polar surface area (TPSA) is 86.5 Å². The summed E-state index contributed by atoms with van der Waals surface area (Å²) in [5.41, 5.74) is 9.52. The molecule has 168 valence electrons. The number of benzene rings is 5. The van der Waals surface area contributed by atoms with Crippen LogP contribution in [0.3, 0.4) is 0 Å². The molecule has 37 heavy (non-hydrogen) atoms. The van der Waals surface area contributed by atoms with Crippen LogP contribution in [0, 0.1) is 22.7 Å². The van der Waals surface area contributed by atoms with Crippen LogP contribution in [0.5, 0.6) is 0 Å². The van der Waals surface area contributed by atoms with E-state index in [1.54, 1.807) is 18.3 Å². The highest BCUT2D eigenvalue weighted by atomic mass is 16.3. The van der Waals surface area contributed by atoms with Crippen molar-refractivity contribution in [3.8, 4) is 45.6 Å². The van der Waals surface area contributed by atoms with Crippen LogP contribution in [-0.4, -0.2) is 9.97 Å². The highest BCUT2D eigenvalue weighted by molar-refractivity contribution is 6.25. The number of hydrogen-bond donors (Lipinski definition) is 0. The van der Waals surface area contributed by atoms with Crippen LogP contribution in [0.25, 0.3) is 77.3 Å². The van der Waals surface area contributed by atoms with Crippen LogP contribution in [0.1, 0.15) is 11.1 Å². The molecule has 2 heterocycles. The van der Waals surface area contributed by atoms with Gasteiger partial charge in [-0.15, -0.1) is 0 Å². The van der Waals surface area contributed by atoms with Gasteiger partial charge in [-0.05, 0) is 51.7 Å². The lowest BCUT2D eigenvalue weighted by Crippen LogP contribution is -1.95. The minimum absolute atomic E-state index is 0.288. The van der Waals surface area contributed by atoms with Gasteiger partial charge in [-0.2, -0.15) is 10.5 Å². The van der Waals surface area contributed by atoms with Crippen molar-refractivity contribution in [2.75, 3.05) is 0 Å². The summed E-state index contributed by atoms with van der Waals surface area (Å²) < 4.78 is 6.36. The SMILES string of the molecule is N#Cc1cc2ncc(-c3c4c(cc5oc6ccccc6c35)-c3cccc5cccc-4c35)nc2cc1C#N. The number of nitriles is 2. The summed E-state index contributed by atoms with van der Waals surface area (Å²) >= 11 is 0. The molecular formula is C32H14N4O. The molecule has 0 saturated heterocycles. The molecule has 0 saturated carbocycles. The minimum atomic E-state index is 0.288. The molecular weight excluding hydrogens is 456 g/mol. The summed E-state index contributed by atoms with van der Waals surface area (Å²) in [7, 11) is 0. The normalized spacial score (nSPS) is 11.7. The molecule has 5 aromatic carbocycles. The van der Waals surface area contributed by atoms with Crippen molar-refractivity contribution in [3.63, 3.8) is 0 Å². The molecule has 5 nitrogen and oxygen atoms in total. The molecule has 1 aliphatic rings. The quantitative estimate of drug-likeness (QED) is 0.245. The van der Waals surface area contributed by atoms with Gasteiger partial charge in [-0.25, -0.2) is 4.98 Å². The van der Waals surface area contributed by atoms with Gasteiger partial charge in [0.1, 0.15) is 23.3 Å². The van der Waals surface area contributed by atoms with Gasteiger partial charge >= 0.3 is 0 Å². The number of nitrogens with zero attached hydrogens (tertiary/aromatic N) is 4. The summed E-state index contributed by atoms with van der Waals surface area (Å²) in [6.07, 6.45) is 1.76. The first-order chi connectivity index (χ1) is 18.2. The Hall–Kier alpha value is -5.52. The molecule has 0 radical (unpaired) electrons. The van der Waals surface area contributed by atoms with E-state index in [0.717, 1.165) is 44.2 Å². The molecule has 5 heteroatoms. The fourth-order valence-electron chi connectivity index (χ4n) is 5.77. The third-order valence-corrected chi connectivity index (χ3v) is 7.31. The number of para-hydroxylation sites is 1. The van der Waals surface area contributed by atoms with Crippen LogP contribution in [-0.2, 0) is 0 Å². The van der Waals surface area contributed by atoms with Crippen molar-refractivity contribution in [2.45, 2.75) is 0 Å². The third kappa shape index (κ3) is 2.55. The lowest BCUT2D eigenvalue weighted by atomic mass is 9.92. The zero-order valence-electron chi connectivity index (χ0n) is 19.3. The van der Waals surface area contributed by atoms with Gasteiger partial charge in [0.15, 0.2) is 0 Å². The van der Waals surface area contributed by atoms with Crippen LogP contribution in [0.2, 0.25) is 0 Å². The van der Waals surface area contributed by atoms with Gasteiger partial charge in [-0.1, -0.05) is 54.6 Å². The largest absolute Gasteiger partial charge is 0.456 e. The third-order valence-electron chi connectivity index (χ3n) is 7.31. The van der Waals surface area contributed by atoms with E-state index in [9.17, 15) is 10.5 Å². The van der Waals surface area contributed by atoms with Gasteiger partial charge in [0.05, 0.1) is 34.1 Å². The average Bonchev–Trinajstić information content (AvgIpc) is 3.48. The Kier molecular flexibility index (Phi) is 3.74. The van der Waals surface area contributed by atoms with Crippen molar-refractivity contribution < 1.29 is 4.42 Å². The van der Waals surface area contributed by atoms with Crippen LogP contribution < -0.4 is 0 Å². The molecule has 0 spiro atoms. The van der Waals surface area contributed by atoms with Crippen molar-refractivity contribution in [3.05, 3.63) is 96.2 Å². The van der Waals surface area contributed by atoms with E-state index < -0.39 is 0 Å². The number of aromatic nitrogens is 2. The van der Waals surface area contributed by atoms with Crippen LogP contribution in [0.15, 0.2) is 89.5 Å². The number of furan rings is 1. The average molecular weight is 470 g/mol. The fraction of sp³-hybridized carbons (Fsp3) is 0. The van der Waals surface area contributed by atoms with Gasteiger partial charge in [0.25, 0.3) is 0 Å². The predicted octanol–water partition coefficient (Wildman–Crippen LogP) is 7.74. The lowest BCUT2D eigenvalue weighted by Gasteiger charge is -2.12. The fourth-order valence-corrected chi connectivity index (χ4v) is 5.77. The predicted molar refractivity (Wildman–Crippen MR) is 144 cm³/mol. The zero-order chi connectivity index (χ0) is 24.7. The lowest BCUT2D eigenvalue weighted by molar-refractivity contribution is 0.669. The second kappa shape index (κ2) is 7.01. The van der Waals surface area contributed by atoms with E-state index in [4.69, 9.17) is 9.40 Å². The Morgan fingerprint density at radius 2 is 1.41 bits per heavy atom. The Labute approximate surface area is 210 Å². The van der Waals surface area contributed by atoms with Gasteiger partial charge in [0, 0.05) is 21.9 Å². The Balaban J connectivity index is 1.55. The van der Waals surface area contributed by atoms with Crippen LogP contribution >= 0.6 is 0 Å². The molecule has 0 aliphatic heterocycles. The molecule has 7 aromatic rings. The van der Waals surface area contributed by atoms with Crippen molar-refractivity contribution in [2.24, 2.45) is 0 Å². The monoisotopic (exact) mass is 470 g/mol. The van der Waals surface area contributed by atoms with Crippen molar-refractivity contribution in [1.82, 2.24) is 9.97 Å². The zero-order valence-corrected chi connectivity index (χ0v) is 19.3. The molecule has 0 amide bonds. The smallest absolute Gasteiger partial charge is 0.136 e. The van der Waals surface area contributed by atoms with Gasteiger partial charge < -0.3 is 4.42 Å². The highest BCUT2D eigenvalue weighted by Crippen LogP contribution is 2.54. The van der Waals surface area contributed by atoms with E-state index in [2.05, 4.69) is 65.7 Å². The number of fused-ring (bicyclic) bond motifs is 7. The molecule has 0 unspecified atom stereocenters. The molecule has 0 N–H and O–H groups in total. The number of rotatable bonds is 1. The van der Waals surface area contributed by atoms with E-state index in [1.807, 2.05) is 18.2 Å². The van der Waals surface area contributed by atoms with Crippen molar-refractivity contribution in [1.29, 1.82) is 10.5 Å².